The van der Waals surface area contributed by atoms with E-state index in [1.165, 1.54) is 10.6 Å². The second-order valence-corrected chi connectivity index (χ2v) is 6.49. The van der Waals surface area contributed by atoms with E-state index in [1.54, 1.807) is 43.9 Å². The number of aromatic nitrogens is 4. The zero-order chi connectivity index (χ0) is 20.4. The Balaban J connectivity index is 1.75. The zero-order valence-corrected chi connectivity index (χ0v) is 15.9. The predicted molar refractivity (Wildman–Crippen MR) is 107 cm³/mol. The number of ether oxygens (including phenoxy) is 1. The van der Waals surface area contributed by atoms with E-state index < -0.39 is 17.5 Å². The molecule has 0 spiro atoms. The molecule has 8 heteroatoms. The number of hydrogen-bond acceptors (Lipinski definition) is 5. The fourth-order valence-electron chi connectivity index (χ4n) is 3.16. The number of nitrogens with zero attached hydrogens (tertiary/aromatic N) is 4. The van der Waals surface area contributed by atoms with E-state index in [-0.39, 0.29) is 5.56 Å². The quantitative estimate of drug-likeness (QED) is 0.563. The van der Waals surface area contributed by atoms with E-state index in [2.05, 4.69) is 15.3 Å². The van der Waals surface area contributed by atoms with Crippen LogP contribution in [-0.4, -0.2) is 32.0 Å². The number of methoxy groups -OCH3 is 1. The fraction of sp³-hybridized carbons (Fsp3) is 0.143. The number of carbonyl (C=O) groups is 1. The molecule has 0 aliphatic carbocycles. The molecule has 1 aromatic carbocycles. The van der Waals surface area contributed by atoms with Crippen LogP contribution in [0.2, 0.25) is 0 Å². The van der Waals surface area contributed by atoms with Gasteiger partial charge in [-0.05, 0) is 29.8 Å². The van der Waals surface area contributed by atoms with Gasteiger partial charge in [0.1, 0.15) is 28.8 Å². The predicted octanol–water partition coefficient (Wildman–Crippen LogP) is 1.96. The first-order chi connectivity index (χ1) is 14.1. The summed E-state index contributed by atoms with van der Waals surface area (Å²) in [6.45, 7) is 0. The molecule has 0 fully saturated rings. The highest BCUT2D eigenvalue weighted by molar-refractivity contribution is 5.94. The van der Waals surface area contributed by atoms with Crippen molar-refractivity contribution in [1.82, 2.24) is 24.3 Å². The van der Waals surface area contributed by atoms with Crippen molar-refractivity contribution in [2.45, 2.75) is 6.04 Å². The Bertz CT molecular complexity index is 1240. The van der Waals surface area contributed by atoms with Gasteiger partial charge < -0.3 is 14.6 Å². The minimum atomic E-state index is -0.575. The molecule has 146 valence electrons. The Hall–Kier alpha value is -3.94. The van der Waals surface area contributed by atoms with E-state index in [9.17, 15) is 9.59 Å². The highest BCUT2D eigenvalue weighted by Gasteiger charge is 2.23. The Morgan fingerprint density at radius 1 is 1.14 bits per heavy atom. The van der Waals surface area contributed by atoms with Crippen molar-refractivity contribution >= 4 is 11.6 Å². The van der Waals surface area contributed by atoms with Gasteiger partial charge in [-0.3, -0.25) is 14.0 Å². The lowest BCUT2D eigenvalue weighted by Crippen LogP contribution is -2.35. The summed E-state index contributed by atoms with van der Waals surface area (Å²) in [5.74, 6) is 0.750. The standard InChI is InChI=1S/C21H19N5O3/c1-25-11-9-22-19(25)18(14-6-5-7-15(12-14)29-2)24-20(27)16-13-23-17-8-3-4-10-26(17)21(16)28/h3-13,18H,1-2H3,(H,24,27). The molecule has 3 aromatic heterocycles. The molecule has 4 aromatic rings. The van der Waals surface area contributed by atoms with E-state index in [0.717, 1.165) is 5.56 Å². The lowest BCUT2D eigenvalue weighted by Gasteiger charge is -2.19. The van der Waals surface area contributed by atoms with Crippen molar-refractivity contribution in [2.24, 2.45) is 7.05 Å². The SMILES string of the molecule is COc1cccc(C(NC(=O)c2cnc3ccccn3c2=O)c2nccn2C)c1. The van der Waals surface area contributed by atoms with Crippen LogP contribution in [0.1, 0.15) is 27.8 Å². The maximum atomic E-state index is 13.0. The lowest BCUT2D eigenvalue weighted by molar-refractivity contribution is 0.0939. The first-order valence-electron chi connectivity index (χ1n) is 8.97. The minimum absolute atomic E-state index is 0.0456. The lowest BCUT2D eigenvalue weighted by atomic mass is 10.1. The molecule has 1 N–H and O–H groups in total. The third-order valence-corrected chi connectivity index (χ3v) is 4.68. The average molecular weight is 389 g/mol. The Labute approximate surface area is 166 Å². The van der Waals surface area contributed by atoms with Crippen molar-refractivity contribution in [1.29, 1.82) is 0 Å². The fourth-order valence-corrected chi connectivity index (χ4v) is 3.16. The number of hydrogen-bond donors (Lipinski definition) is 1. The summed E-state index contributed by atoms with van der Waals surface area (Å²) in [5.41, 5.74) is 0.775. The molecule has 1 unspecified atom stereocenters. The van der Waals surface area contributed by atoms with Gasteiger partial charge in [0.15, 0.2) is 0 Å². The molecule has 1 atom stereocenters. The second kappa shape index (κ2) is 7.59. The number of imidazole rings is 1. The zero-order valence-electron chi connectivity index (χ0n) is 15.9. The van der Waals surface area contributed by atoms with E-state index in [0.29, 0.717) is 17.2 Å². The summed E-state index contributed by atoms with van der Waals surface area (Å²) < 4.78 is 8.47. The van der Waals surface area contributed by atoms with Crippen molar-refractivity contribution < 1.29 is 9.53 Å². The molecule has 0 saturated heterocycles. The Kier molecular flexibility index (Phi) is 4.82. The summed E-state index contributed by atoms with van der Waals surface area (Å²) in [4.78, 5) is 34.4. The molecule has 0 saturated carbocycles. The highest BCUT2D eigenvalue weighted by Crippen LogP contribution is 2.24. The third-order valence-electron chi connectivity index (χ3n) is 4.68. The normalized spacial score (nSPS) is 11.9. The van der Waals surface area contributed by atoms with Gasteiger partial charge >= 0.3 is 0 Å². The maximum Gasteiger partial charge on any atom is 0.270 e. The smallest absolute Gasteiger partial charge is 0.270 e. The maximum absolute atomic E-state index is 13.0. The van der Waals surface area contributed by atoms with Crippen LogP contribution >= 0.6 is 0 Å². The first kappa shape index (κ1) is 18.4. The highest BCUT2D eigenvalue weighted by atomic mass is 16.5. The first-order valence-corrected chi connectivity index (χ1v) is 8.97. The van der Waals surface area contributed by atoms with Crippen LogP contribution < -0.4 is 15.6 Å². The van der Waals surface area contributed by atoms with Gasteiger partial charge in [-0.1, -0.05) is 18.2 Å². The van der Waals surface area contributed by atoms with Crippen LogP contribution in [0.4, 0.5) is 0 Å². The molecular formula is C21H19N5O3. The number of fused-ring (bicyclic) bond motifs is 1. The van der Waals surface area contributed by atoms with Crippen molar-refractivity contribution in [3.8, 4) is 5.75 Å². The van der Waals surface area contributed by atoms with E-state index >= 15 is 0 Å². The van der Waals surface area contributed by atoms with Crippen molar-refractivity contribution in [2.75, 3.05) is 7.11 Å². The van der Waals surface area contributed by atoms with Gasteiger partial charge in [0.25, 0.3) is 11.5 Å². The molecule has 3 heterocycles. The molecule has 29 heavy (non-hydrogen) atoms. The summed E-state index contributed by atoms with van der Waals surface area (Å²) in [6.07, 6.45) is 6.33. The number of rotatable bonds is 5. The molecule has 8 nitrogen and oxygen atoms in total. The monoisotopic (exact) mass is 389 g/mol. The van der Waals surface area contributed by atoms with Gasteiger partial charge in [-0.15, -0.1) is 0 Å². The molecule has 0 radical (unpaired) electrons. The molecule has 0 aliphatic heterocycles. The average Bonchev–Trinajstić information content (AvgIpc) is 3.18. The number of aryl methyl sites for hydroxylation is 1. The summed E-state index contributed by atoms with van der Waals surface area (Å²) in [7, 11) is 3.42. The number of pyridine rings is 1. The number of amides is 1. The van der Waals surface area contributed by atoms with Gasteiger partial charge in [-0.25, -0.2) is 9.97 Å². The third kappa shape index (κ3) is 3.47. The van der Waals surface area contributed by atoms with Gasteiger partial charge in [0.05, 0.1) is 7.11 Å². The van der Waals surface area contributed by atoms with Gasteiger partial charge in [-0.2, -0.15) is 0 Å². The molecular weight excluding hydrogens is 370 g/mol. The summed E-state index contributed by atoms with van der Waals surface area (Å²) >= 11 is 0. The number of benzene rings is 1. The van der Waals surface area contributed by atoms with Gasteiger partial charge in [0.2, 0.25) is 0 Å². The van der Waals surface area contributed by atoms with Crippen LogP contribution in [0.25, 0.3) is 5.65 Å². The Morgan fingerprint density at radius 3 is 2.76 bits per heavy atom. The molecule has 1 amide bonds. The topological polar surface area (TPSA) is 90.5 Å². The number of carbonyl (C=O) groups excluding carboxylic acids is 1. The van der Waals surface area contributed by atoms with E-state index in [1.807, 2.05) is 35.9 Å². The molecule has 0 aliphatic rings. The van der Waals surface area contributed by atoms with Crippen LogP contribution in [-0.2, 0) is 7.05 Å². The van der Waals surface area contributed by atoms with Crippen LogP contribution in [0.3, 0.4) is 0 Å². The largest absolute Gasteiger partial charge is 0.497 e. The van der Waals surface area contributed by atoms with Crippen LogP contribution in [0.15, 0.2) is 72.0 Å². The minimum Gasteiger partial charge on any atom is -0.497 e. The van der Waals surface area contributed by atoms with Crippen LogP contribution in [0, 0.1) is 0 Å². The van der Waals surface area contributed by atoms with Gasteiger partial charge in [0, 0.05) is 31.8 Å². The van der Waals surface area contributed by atoms with E-state index in [4.69, 9.17) is 4.74 Å². The summed E-state index contributed by atoms with van der Waals surface area (Å²) in [6, 6.07) is 12.0. The van der Waals surface area contributed by atoms with Crippen molar-refractivity contribution in [3.05, 3.63) is 94.6 Å². The number of nitrogens with one attached hydrogen (secondary N) is 1. The van der Waals surface area contributed by atoms with Crippen molar-refractivity contribution in [3.63, 3.8) is 0 Å². The van der Waals surface area contributed by atoms with Crippen LogP contribution in [0.5, 0.6) is 5.75 Å². The molecule has 0 bridgehead atoms. The Morgan fingerprint density at radius 2 is 2.00 bits per heavy atom. The summed E-state index contributed by atoms with van der Waals surface area (Å²) in [5, 5.41) is 2.92. The molecule has 4 rings (SSSR count). The second-order valence-electron chi connectivity index (χ2n) is 6.49.